The van der Waals surface area contributed by atoms with E-state index >= 15 is 0 Å². The van der Waals surface area contributed by atoms with Crippen LogP contribution in [0, 0.1) is 6.92 Å². The minimum Gasteiger partial charge on any atom is -0.392 e. The molecule has 13 heteroatoms. The summed E-state index contributed by atoms with van der Waals surface area (Å²) >= 11 is 12.8. The first-order valence-electron chi connectivity index (χ1n) is 18.0. The van der Waals surface area contributed by atoms with Gasteiger partial charge in [-0.25, -0.2) is 13.4 Å². The van der Waals surface area contributed by atoms with Crippen molar-refractivity contribution < 1.29 is 27.8 Å². The average molecular weight is 812 g/mol. The summed E-state index contributed by atoms with van der Waals surface area (Å²) in [6.07, 6.45) is -0.243. The van der Waals surface area contributed by atoms with Crippen LogP contribution in [0.4, 0.5) is 5.69 Å². The molecule has 7 rings (SSSR count). The van der Waals surface area contributed by atoms with Gasteiger partial charge in [-0.05, 0) is 59.9 Å². The number of aromatic nitrogens is 2. The number of anilines is 1. The number of carbonyl (C=O) groups excluding carboxylic acids is 1. The predicted molar refractivity (Wildman–Crippen MR) is 216 cm³/mol. The summed E-state index contributed by atoms with van der Waals surface area (Å²) in [6, 6.07) is 39.2. The monoisotopic (exact) mass is 810 g/mol. The lowest BCUT2D eigenvalue weighted by Gasteiger charge is -2.43. The molecule has 0 saturated carbocycles. The lowest BCUT2D eigenvalue weighted by molar-refractivity contribution is -0.263. The Morgan fingerprint density at radius 1 is 0.821 bits per heavy atom. The number of carbonyl (C=O) groups is 1. The van der Waals surface area contributed by atoms with Crippen LogP contribution in [0.1, 0.15) is 51.7 Å². The number of nitrogens with zero attached hydrogens (tertiary/aromatic N) is 2. The third-order valence-electron chi connectivity index (χ3n) is 9.73. The second-order valence-electron chi connectivity index (χ2n) is 13.7. The maximum Gasteiger partial charge on any atom is 0.242 e. The van der Waals surface area contributed by atoms with E-state index in [9.17, 15) is 18.3 Å². The van der Waals surface area contributed by atoms with Crippen LogP contribution in [0.25, 0.3) is 0 Å². The number of imidazole rings is 1. The number of amides is 1. The van der Waals surface area contributed by atoms with Crippen LogP contribution in [-0.2, 0) is 43.9 Å². The van der Waals surface area contributed by atoms with Gasteiger partial charge in [0.1, 0.15) is 11.2 Å². The van der Waals surface area contributed by atoms with Crippen LogP contribution in [-0.4, -0.2) is 41.1 Å². The Kier molecular flexibility index (Phi) is 12.3. The van der Waals surface area contributed by atoms with Crippen molar-refractivity contribution in [2.24, 2.45) is 0 Å². The average Bonchev–Trinajstić information content (AvgIpc) is 3.53. The molecular formula is C43H40Cl2N4O6S. The van der Waals surface area contributed by atoms with Gasteiger partial charge >= 0.3 is 0 Å². The van der Waals surface area contributed by atoms with Gasteiger partial charge in [0.2, 0.25) is 15.9 Å². The highest BCUT2D eigenvalue weighted by molar-refractivity contribution is 7.89. The molecule has 1 fully saturated rings. The Morgan fingerprint density at radius 2 is 1.50 bits per heavy atom. The largest absolute Gasteiger partial charge is 0.392 e. The van der Waals surface area contributed by atoms with E-state index in [0.717, 1.165) is 27.8 Å². The van der Waals surface area contributed by atoms with E-state index in [1.807, 2.05) is 97.9 Å². The van der Waals surface area contributed by atoms with Crippen LogP contribution in [0.2, 0.25) is 10.3 Å². The number of benzene rings is 5. The third kappa shape index (κ3) is 9.22. The summed E-state index contributed by atoms with van der Waals surface area (Å²) in [6.45, 7) is 2.07. The van der Waals surface area contributed by atoms with Crippen molar-refractivity contribution in [3.05, 3.63) is 183 Å². The molecule has 5 atom stereocenters. The Bertz CT molecular complexity index is 2360. The lowest BCUT2D eigenvalue weighted by atomic mass is 9.83. The molecule has 3 N–H and O–H groups in total. The first-order valence-corrected chi connectivity index (χ1v) is 20.3. The van der Waals surface area contributed by atoms with Crippen molar-refractivity contribution in [3.8, 4) is 0 Å². The second-order valence-corrected chi connectivity index (χ2v) is 16.1. The van der Waals surface area contributed by atoms with Crippen LogP contribution < -0.4 is 10.0 Å². The van der Waals surface area contributed by atoms with Crippen LogP contribution >= 0.6 is 23.2 Å². The van der Waals surface area contributed by atoms with Crippen molar-refractivity contribution in [1.82, 2.24) is 14.3 Å². The molecule has 1 aromatic heterocycles. The molecule has 6 aromatic rings. The van der Waals surface area contributed by atoms with Gasteiger partial charge in [0.05, 0.1) is 36.6 Å². The standard InChI is InChI=1S/C43H40Cl2N4O6S/c1-28-15-21-35(22-16-28)56(52,53)48-36(23-29-9-4-2-5-10-29)42(51)47-34-14-8-13-33(24-34)43-54-37(25-49-27-46-40(44)41(49)45)38(31-11-6-3-7-12-31)39(55-43)32-19-17-30(26-50)18-20-32/h2-22,24,27,36-39,43,48,50H,23,25-26H2,1H3,(H,47,51). The fourth-order valence-electron chi connectivity index (χ4n) is 6.83. The van der Waals surface area contributed by atoms with Crippen molar-refractivity contribution in [1.29, 1.82) is 0 Å². The molecule has 0 spiro atoms. The van der Waals surface area contributed by atoms with Crippen molar-refractivity contribution >= 4 is 44.8 Å². The van der Waals surface area contributed by atoms with Gasteiger partial charge in [0.15, 0.2) is 11.4 Å². The number of aryl methyl sites for hydroxylation is 1. The van der Waals surface area contributed by atoms with E-state index < -0.39 is 40.5 Å². The Morgan fingerprint density at radius 3 is 2.16 bits per heavy atom. The number of halogens is 2. The van der Waals surface area contributed by atoms with Gasteiger partial charge in [-0.1, -0.05) is 138 Å². The van der Waals surface area contributed by atoms with Crippen molar-refractivity contribution in [2.75, 3.05) is 5.32 Å². The summed E-state index contributed by atoms with van der Waals surface area (Å²) in [5, 5.41) is 13.1. The molecule has 5 unspecified atom stereocenters. The molecule has 1 amide bonds. The molecule has 10 nitrogen and oxygen atoms in total. The molecule has 1 aliphatic rings. The quantitative estimate of drug-likeness (QED) is 0.107. The predicted octanol–water partition coefficient (Wildman–Crippen LogP) is 8.16. The van der Waals surface area contributed by atoms with E-state index in [4.69, 9.17) is 32.7 Å². The van der Waals surface area contributed by atoms with Crippen molar-refractivity contribution in [2.45, 2.75) is 61.8 Å². The maximum atomic E-state index is 14.0. The summed E-state index contributed by atoms with van der Waals surface area (Å²) in [4.78, 5) is 18.2. The first kappa shape index (κ1) is 39.4. The molecule has 0 aliphatic carbocycles. The fraction of sp³-hybridized carbons (Fsp3) is 0.209. The minimum atomic E-state index is -4.05. The van der Waals surface area contributed by atoms with Gasteiger partial charge in [0.25, 0.3) is 0 Å². The van der Waals surface area contributed by atoms with Crippen LogP contribution in [0.3, 0.4) is 0 Å². The third-order valence-corrected chi connectivity index (χ3v) is 12.0. The topological polar surface area (TPSA) is 132 Å². The summed E-state index contributed by atoms with van der Waals surface area (Å²) in [7, 11) is -4.05. The number of hydrogen-bond donors (Lipinski definition) is 3. The van der Waals surface area contributed by atoms with E-state index in [2.05, 4.69) is 15.0 Å². The van der Waals surface area contributed by atoms with Gasteiger partial charge < -0.3 is 24.5 Å². The number of nitrogens with one attached hydrogen (secondary N) is 2. The molecule has 5 aromatic carbocycles. The van der Waals surface area contributed by atoms with Crippen LogP contribution in [0.15, 0.2) is 145 Å². The van der Waals surface area contributed by atoms with E-state index in [1.54, 1.807) is 41.2 Å². The lowest BCUT2D eigenvalue weighted by Crippen LogP contribution is -2.45. The van der Waals surface area contributed by atoms with Gasteiger partial charge in [-0.2, -0.15) is 4.72 Å². The molecule has 0 bridgehead atoms. The number of rotatable bonds is 13. The second kappa shape index (κ2) is 17.5. The number of hydrogen-bond acceptors (Lipinski definition) is 7. The van der Waals surface area contributed by atoms with Crippen LogP contribution in [0.5, 0.6) is 0 Å². The zero-order valence-electron chi connectivity index (χ0n) is 30.3. The van der Waals surface area contributed by atoms with Gasteiger partial charge in [-0.3, -0.25) is 4.79 Å². The van der Waals surface area contributed by atoms with E-state index in [0.29, 0.717) is 17.8 Å². The first-order chi connectivity index (χ1) is 27.1. The number of aliphatic hydroxyl groups is 1. The molecule has 0 radical (unpaired) electrons. The van der Waals surface area contributed by atoms with E-state index in [1.165, 1.54) is 12.1 Å². The molecular weight excluding hydrogens is 771 g/mol. The fourth-order valence-corrected chi connectivity index (χ4v) is 8.34. The number of sulfonamides is 1. The zero-order valence-corrected chi connectivity index (χ0v) is 32.7. The SMILES string of the molecule is Cc1ccc(S(=O)(=O)NC(Cc2ccccc2)C(=O)Nc2cccc(C3OC(Cn4cnc(Cl)c4Cl)C(c4ccccc4)C(c4ccc(CO)cc4)O3)c2)cc1. The van der Waals surface area contributed by atoms with Gasteiger partial charge in [-0.15, -0.1) is 0 Å². The Labute approximate surface area is 336 Å². The molecule has 1 saturated heterocycles. The highest BCUT2D eigenvalue weighted by Crippen LogP contribution is 2.47. The highest BCUT2D eigenvalue weighted by atomic mass is 35.5. The molecule has 288 valence electrons. The molecule has 2 heterocycles. The normalized spacial score (nSPS) is 19.0. The smallest absolute Gasteiger partial charge is 0.242 e. The van der Waals surface area contributed by atoms with Gasteiger partial charge in [0, 0.05) is 17.2 Å². The van der Waals surface area contributed by atoms with Crippen molar-refractivity contribution in [3.63, 3.8) is 0 Å². The molecule has 56 heavy (non-hydrogen) atoms. The minimum absolute atomic E-state index is 0.0609. The summed E-state index contributed by atoms with van der Waals surface area (Å²) in [5.74, 6) is -0.851. The Balaban J connectivity index is 1.20. The number of aliphatic hydroxyl groups excluding tert-OH is 1. The molecule has 1 aliphatic heterocycles. The highest BCUT2D eigenvalue weighted by Gasteiger charge is 2.42. The number of ether oxygens (including phenoxy) is 2. The zero-order chi connectivity index (χ0) is 39.2. The maximum absolute atomic E-state index is 14.0. The van der Waals surface area contributed by atoms with E-state index in [-0.39, 0.29) is 34.1 Å². The Hall–Kier alpha value is -4.85. The summed E-state index contributed by atoms with van der Waals surface area (Å²) in [5.41, 5.74) is 5.35. The summed E-state index contributed by atoms with van der Waals surface area (Å²) < 4.78 is 45.0.